The van der Waals surface area contributed by atoms with E-state index in [1.165, 1.54) is 0 Å². The fourth-order valence-corrected chi connectivity index (χ4v) is 1.43. The first-order chi connectivity index (χ1) is 6.27. The van der Waals surface area contributed by atoms with Gasteiger partial charge in [-0.25, -0.2) is 0 Å². The minimum atomic E-state index is 0.137. The molecule has 1 amide bonds. The molecule has 0 aromatic heterocycles. The Morgan fingerprint density at radius 3 is 3.00 bits per heavy atom. The Hall–Kier alpha value is -1.57. The standard InChI is InChI=1S/C11H11NO/c1-9-5-6-10-4-2-3-7-12(10)11(13)8-9/h2-7H,8H2,1H3. The lowest BCUT2D eigenvalue weighted by Crippen LogP contribution is -2.24. The number of allylic oxidation sites excluding steroid dienone is 5. The number of fused-ring (bicyclic) bond motifs is 1. The summed E-state index contributed by atoms with van der Waals surface area (Å²) in [6, 6.07) is 0. The van der Waals surface area contributed by atoms with Crippen molar-refractivity contribution in [1.29, 1.82) is 0 Å². The minimum Gasteiger partial charge on any atom is -0.288 e. The predicted octanol–water partition coefficient (Wildman–Crippen LogP) is 2.13. The van der Waals surface area contributed by atoms with Gasteiger partial charge in [-0.15, -0.1) is 0 Å². The summed E-state index contributed by atoms with van der Waals surface area (Å²) in [5.41, 5.74) is 2.05. The Labute approximate surface area is 77.5 Å². The molecule has 66 valence electrons. The van der Waals surface area contributed by atoms with Crippen LogP contribution in [-0.2, 0) is 4.79 Å². The highest BCUT2D eigenvalue weighted by Gasteiger charge is 2.17. The maximum Gasteiger partial charge on any atom is 0.235 e. The zero-order chi connectivity index (χ0) is 9.26. The summed E-state index contributed by atoms with van der Waals surface area (Å²) in [7, 11) is 0. The fourth-order valence-electron chi connectivity index (χ4n) is 1.43. The topological polar surface area (TPSA) is 20.3 Å². The second-order valence-electron chi connectivity index (χ2n) is 3.25. The van der Waals surface area contributed by atoms with Gasteiger partial charge in [0.2, 0.25) is 5.91 Å². The van der Waals surface area contributed by atoms with Crippen LogP contribution in [0.5, 0.6) is 0 Å². The molecule has 2 nitrogen and oxygen atoms in total. The van der Waals surface area contributed by atoms with Gasteiger partial charge in [0.05, 0.1) is 0 Å². The lowest BCUT2D eigenvalue weighted by Gasteiger charge is -2.19. The van der Waals surface area contributed by atoms with Crippen LogP contribution >= 0.6 is 0 Å². The van der Waals surface area contributed by atoms with E-state index in [-0.39, 0.29) is 5.91 Å². The maximum absolute atomic E-state index is 11.6. The molecule has 2 aliphatic rings. The van der Waals surface area contributed by atoms with Gasteiger partial charge in [-0.3, -0.25) is 9.69 Å². The summed E-state index contributed by atoms with van der Waals surface area (Å²) in [6.45, 7) is 1.97. The molecule has 0 saturated heterocycles. The average Bonchev–Trinajstić information content (AvgIpc) is 2.27. The first kappa shape index (κ1) is 8.05. The van der Waals surface area contributed by atoms with Gasteiger partial charge >= 0.3 is 0 Å². The Morgan fingerprint density at radius 1 is 1.31 bits per heavy atom. The van der Waals surface area contributed by atoms with Crippen molar-refractivity contribution in [2.75, 3.05) is 0 Å². The highest BCUT2D eigenvalue weighted by Crippen LogP contribution is 2.19. The number of amides is 1. The number of nitrogens with zero attached hydrogens (tertiary/aromatic N) is 1. The van der Waals surface area contributed by atoms with Crippen molar-refractivity contribution in [3.05, 3.63) is 47.9 Å². The average molecular weight is 173 g/mol. The van der Waals surface area contributed by atoms with Crippen LogP contribution in [0.3, 0.4) is 0 Å². The lowest BCUT2D eigenvalue weighted by molar-refractivity contribution is -0.126. The summed E-state index contributed by atoms with van der Waals surface area (Å²) >= 11 is 0. The first-order valence-corrected chi connectivity index (χ1v) is 4.32. The van der Waals surface area contributed by atoms with Gasteiger partial charge in [0.1, 0.15) is 0 Å². The molecule has 2 rings (SSSR count). The third-order valence-corrected chi connectivity index (χ3v) is 2.13. The van der Waals surface area contributed by atoms with E-state index < -0.39 is 0 Å². The maximum atomic E-state index is 11.6. The Balaban J connectivity index is 2.39. The number of hydrogen-bond donors (Lipinski definition) is 0. The third-order valence-electron chi connectivity index (χ3n) is 2.13. The van der Waals surface area contributed by atoms with E-state index in [1.807, 2.05) is 37.3 Å². The Morgan fingerprint density at radius 2 is 2.15 bits per heavy atom. The van der Waals surface area contributed by atoms with Crippen LogP contribution in [0.4, 0.5) is 0 Å². The van der Waals surface area contributed by atoms with Gasteiger partial charge < -0.3 is 0 Å². The van der Waals surface area contributed by atoms with Gasteiger partial charge in [0.15, 0.2) is 0 Å². The van der Waals surface area contributed by atoms with Crippen molar-refractivity contribution in [2.24, 2.45) is 0 Å². The summed E-state index contributed by atoms with van der Waals surface area (Å²) < 4.78 is 0. The van der Waals surface area contributed by atoms with Crippen LogP contribution in [0.2, 0.25) is 0 Å². The summed E-state index contributed by atoms with van der Waals surface area (Å²) in [5, 5.41) is 0. The third kappa shape index (κ3) is 1.47. The van der Waals surface area contributed by atoms with Crippen molar-refractivity contribution in [3.63, 3.8) is 0 Å². The largest absolute Gasteiger partial charge is 0.288 e. The van der Waals surface area contributed by atoms with E-state index in [1.54, 1.807) is 11.1 Å². The molecule has 0 aliphatic carbocycles. The highest BCUT2D eigenvalue weighted by molar-refractivity contribution is 5.83. The normalized spacial score (nSPS) is 20.7. The molecular formula is C11H11NO. The van der Waals surface area contributed by atoms with E-state index in [0.717, 1.165) is 11.3 Å². The van der Waals surface area contributed by atoms with Gasteiger partial charge in [0.25, 0.3) is 0 Å². The van der Waals surface area contributed by atoms with E-state index in [9.17, 15) is 4.79 Å². The second-order valence-corrected chi connectivity index (χ2v) is 3.25. The molecule has 0 aromatic rings. The fraction of sp³-hybridized carbons (Fsp3) is 0.182. The number of carbonyl (C=O) groups is 1. The Bertz CT molecular complexity index is 358. The van der Waals surface area contributed by atoms with Gasteiger partial charge in [-0.05, 0) is 25.2 Å². The minimum absolute atomic E-state index is 0.137. The van der Waals surface area contributed by atoms with Crippen molar-refractivity contribution in [2.45, 2.75) is 13.3 Å². The molecule has 0 atom stereocenters. The molecule has 2 heteroatoms. The van der Waals surface area contributed by atoms with Crippen LogP contribution in [-0.4, -0.2) is 10.8 Å². The molecule has 0 radical (unpaired) electrons. The Kier molecular flexibility index (Phi) is 1.89. The SMILES string of the molecule is CC1=CC=C2C=CC=CN2C(=O)C1. The zero-order valence-corrected chi connectivity index (χ0v) is 7.53. The van der Waals surface area contributed by atoms with Crippen LogP contribution in [0.15, 0.2) is 47.9 Å². The molecule has 2 aliphatic heterocycles. The molecule has 13 heavy (non-hydrogen) atoms. The number of carbonyl (C=O) groups excluding carboxylic acids is 1. The molecule has 2 heterocycles. The second kappa shape index (κ2) is 3.05. The summed E-state index contributed by atoms with van der Waals surface area (Å²) in [5.74, 6) is 0.137. The van der Waals surface area contributed by atoms with Crippen LogP contribution in [0.1, 0.15) is 13.3 Å². The number of hydrogen-bond acceptors (Lipinski definition) is 1. The lowest BCUT2D eigenvalue weighted by atomic mass is 10.2. The van der Waals surface area contributed by atoms with E-state index in [4.69, 9.17) is 0 Å². The van der Waals surface area contributed by atoms with Crippen LogP contribution < -0.4 is 0 Å². The quantitative estimate of drug-likeness (QED) is 0.549. The smallest absolute Gasteiger partial charge is 0.235 e. The molecule has 0 bridgehead atoms. The summed E-state index contributed by atoms with van der Waals surface area (Å²) in [6.07, 6.45) is 12.0. The zero-order valence-electron chi connectivity index (χ0n) is 7.53. The predicted molar refractivity (Wildman–Crippen MR) is 51.6 cm³/mol. The van der Waals surface area contributed by atoms with E-state index in [0.29, 0.717) is 6.42 Å². The molecule has 0 unspecified atom stereocenters. The molecular weight excluding hydrogens is 162 g/mol. The first-order valence-electron chi connectivity index (χ1n) is 4.32. The number of rotatable bonds is 0. The van der Waals surface area contributed by atoms with Gasteiger partial charge in [-0.1, -0.05) is 17.7 Å². The molecule has 0 aromatic carbocycles. The van der Waals surface area contributed by atoms with Crippen molar-refractivity contribution in [3.8, 4) is 0 Å². The van der Waals surface area contributed by atoms with Crippen LogP contribution in [0.25, 0.3) is 0 Å². The molecule has 0 saturated carbocycles. The van der Waals surface area contributed by atoms with E-state index >= 15 is 0 Å². The highest BCUT2D eigenvalue weighted by atomic mass is 16.2. The van der Waals surface area contributed by atoms with Gasteiger partial charge in [-0.2, -0.15) is 0 Å². The molecule has 0 N–H and O–H groups in total. The molecule has 0 fully saturated rings. The van der Waals surface area contributed by atoms with Crippen molar-refractivity contribution < 1.29 is 4.79 Å². The van der Waals surface area contributed by atoms with Gasteiger partial charge in [0, 0.05) is 18.3 Å². The summed E-state index contributed by atoms with van der Waals surface area (Å²) in [4.78, 5) is 13.3. The monoisotopic (exact) mass is 173 g/mol. The van der Waals surface area contributed by atoms with Crippen molar-refractivity contribution in [1.82, 2.24) is 4.90 Å². The van der Waals surface area contributed by atoms with E-state index in [2.05, 4.69) is 0 Å². The van der Waals surface area contributed by atoms with Crippen LogP contribution in [0, 0.1) is 0 Å². The van der Waals surface area contributed by atoms with Crippen molar-refractivity contribution >= 4 is 5.91 Å². The molecule has 0 spiro atoms.